The lowest BCUT2D eigenvalue weighted by molar-refractivity contribution is -0.137. The first-order valence-corrected chi connectivity index (χ1v) is 2.48. The maximum Gasteiger partial charge on any atom is 0.189 e. The maximum atomic E-state index is 10.5. The molecule has 0 aromatic carbocycles. The van der Waals surface area contributed by atoms with E-state index < -0.39 is 31.2 Å². The van der Waals surface area contributed by atoms with E-state index in [0.29, 0.717) is 0 Å². The van der Waals surface area contributed by atoms with Gasteiger partial charge in [0.25, 0.3) is 0 Å². The van der Waals surface area contributed by atoms with Crippen LogP contribution in [0.5, 0.6) is 0 Å². The minimum Gasteiger partial charge on any atom is -0.394 e. The molecule has 0 heterocycles. The first-order chi connectivity index (χ1) is 5.37. The molecule has 4 atom stereocenters. The third kappa shape index (κ3) is 2.40. The lowest BCUT2D eigenvalue weighted by Crippen LogP contribution is -2.37. The Labute approximate surface area is 60.3 Å². The highest BCUT2D eigenvalue weighted by molar-refractivity contribution is 5.84. The number of aliphatic hydroxyl groups excluding tert-OH is 4. The maximum absolute atomic E-state index is 10.5. The predicted octanol–water partition coefficient (Wildman–Crippen LogP) is -2.74. The summed E-state index contributed by atoms with van der Waals surface area (Å²) in [5.74, 6) is -1.35. The zero-order valence-corrected chi connectivity index (χ0v) is 5.01. The molecule has 0 spiro atoms. The van der Waals surface area contributed by atoms with Crippen LogP contribution in [-0.4, -0.2) is 51.6 Å². The van der Waals surface area contributed by atoms with Crippen molar-refractivity contribution in [2.45, 2.75) is 12.2 Å². The molecule has 0 aliphatic carbocycles. The summed E-state index contributed by atoms with van der Waals surface area (Å²) >= 11 is 0. The molecule has 0 radical (unpaired) electrons. The zero-order valence-electron chi connectivity index (χ0n) is 7.01. The van der Waals surface area contributed by atoms with Crippen LogP contribution >= 0.6 is 0 Å². The minimum absolute atomic E-state index is 1.35. The highest BCUT2D eigenvalue weighted by Crippen LogP contribution is 1.92. The second-order valence-corrected chi connectivity index (χ2v) is 1.62. The van der Waals surface area contributed by atoms with E-state index in [1.807, 2.05) is 0 Å². The van der Waals surface area contributed by atoms with E-state index in [1.54, 1.807) is 0 Å². The van der Waals surface area contributed by atoms with Gasteiger partial charge in [0, 0.05) is 0 Å². The van der Waals surface area contributed by atoms with E-state index in [4.69, 9.17) is 23.2 Å². The van der Waals surface area contributed by atoms with Crippen LogP contribution in [0, 0.1) is 0 Å². The lowest BCUT2D eigenvalue weighted by Gasteiger charge is -2.11. The molecule has 0 amide bonds. The number of carbonyl (C=O) groups is 1. The van der Waals surface area contributed by atoms with Crippen LogP contribution in [0.25, 0.3) is 0 Å². The summed E-state index contributed by atoms with van der Waals surface area (Å²) in [5, 5.41) is 34.2. The molecule has 60 valence electrons. The quantitative estimate of drug-likeness (QED) is 0.350. The van der Waals surface area contributed by atoms with Gasteiger partial charge in [0.1, 0.15) is 18.8 Å². The summed E-state index contributed by atoms with van der Waals surface area (Å²) in [6, 6.07) is 0. The fourth-order valence-corrected chi connectivity index (χ4v) is 0.326. The number of hydrogen-bond acceptors (Lipinski definition) is 5. The number of rotatable bonds is 4. The fourth-order valence-electron chi connectivity index (χ4n) is 0.326. The average Bonchev–Trinajstić information content (AvgIpc) is 2.00. The number of Topliss-reactive ketones (excluding diaryl/α,β-unsaturated/α-hetero) is 1. The summed E-state index contributed by atoms with van der Waals surface area (Å²) in [5.41, 5.74) is 0. The van der Waals surface area contributed by atoms with Crippen molar-refractivity contribution in [3.8, 4) is 0 Å². The van der Waals surface area contributed by atoms with Crippen LogP contribution < -0.4 is 0 Å². The van der Waals surface area contributed by atoms with Gasteiger partial charge in [-0.2, -0.15) is 0 Å². The van der Waals surface area contributed by atoms with Gasteiger partial charge in [-0.25, -0.2) is 0 Å². The van der Waals surface area contributed by atoms with E-state index in [1.165, 1.54) is 0 Å². The molecular formula is C5H10O5. The third-order valence-corrected chi connectivity index (χ3v) is 0.895. The van der Waals surface area contributed by atoms with Gasteiger partial charge < -0.3 is 20.4 Å². The first kappa shape index (κ1) is 6.23. The Morgan fingerprint density at radius 3 is 2.30 bits per heavy atom. The minimum atomic E-state index is -2.17. The fraction of sp³-hybridized carbons (Fsp3) is 0.800. The molecule has 0 aromatic heterocycles. The summed E-state index contributed by atoms with van der Waals surface area (Å²) < 4.78 is 12.9. The van der Waals surface area contributed by atoms with Gasteiger partial charge in [0.05, 0.1) is 9.32 Å². The summed E-state index contributed by atoms with van der Waals surface area (Å²) in [7, 11) is 0. The average molecular weight is 152 g/mol. The van der Waals surface area contributed by atoms with Gasteiger partial charge in [0.15, 0.2) is 5.78 Å². The molecule has 0 saturated carbocycles. The largest absolute Gasteiger partial charge is 0.394 e. The molecule has 2 unspecified atom stereocenters. The van der Waals surface area contributed by atoms with E-state index >= 15 is 0 Å². The summed E-state index contributed by atoms with van der Waals surface area (Å²) in [6.45, 7) is -4.21. The van der Waals surface area contributed by atoms with Crippen molar-refractivity contribution < 1.29 is 28.0 Å². The Morgan fingerprint density at radius 2 is 2.00 bits per heavy atom. The molecule has 0 aliphatic rings. The number of aliphatic hydroxyl groups is 4. The lowest BCUT2D eigenvalue weighted by atomic mass is 10.1. The molecule has 5 nitrogen and oxygen atoms in total. The topological polar surface area (TPSA) is 98.0 Å². The molecule has 0 aliphatic heterocycles. The van der Waals surface area contributed by atoms with Crippen LogP contribution in [0.4, 0.5) is 0 Å². The predicted molar refractivity (Wildman–Crippen MR) is 31.2 cm³/mol. The molecule has 4 N–H and O–H groups in total. The van der Waals surface area contributed by atoms with E-state index in [2.05, 4.69) is 0 Å². The van der Waals surface area contributed by atoms with Gasteiger partial charge in [-0.3, -0.25) is 4.79 Å². The molecule has 0 saturated heterocycles. The molecule has 5 heteroatoms. The van der Waals surface area contributed by atoms with Crippen molar-refractivity contribution >= 4 is 5.78 Å². The normalized spacial score (nSPS) is 25.6. The second kappa shape index (κ2) is 4.35. The third-order valence-electron chi connectivity index (χ3n) is 0.895. The van der Waals surface area contributed by atoms with Gasteiger partial charge in [-0.1, -0.05) is 0 Å². The first-order valence-electron chi connectivity index (χ1n) is 3.64. The van der Waals surface area contributed by atoms with Gasteiger partial charge >= 0.3 is 0 Å². The van der Waals surface area contributed by atoms with Crippen molar-refractivity contribution in [3.05, 3.63) is 0 Å². The van der Waals surface area contributed by atoms with Gasteiger partial charge in [-0.15, -0.1) is 0 Å². The van der Waals surface area contributed by atoms with Crippen LogP contribution in [0.2, 0.25) is 0 Å². The highest BCUT2D eigenvalue weighted by Gasteiger charge is 2.21. The molecule has 0 rings (SSSR count). The zero-order chi connectivity index (χ0) is 9.89. The Morgan fingerprint density at radius 1 is 1.50 bits per heavy atom. The Hall–Kier alpha value is -0.490. The van der Waals surface area contributed by atoms with Gasteiger partial charge in [0.2, 0.25) is 0 Å². The summed E-state index contributed by atoms with van der Waals surface area (Å²) in [6.07, 6.45) is -4.11. The molecule has 0 bridgehead atoms. The Kier molecular flexibility index (Phi) is 2.71. The molecule has 0 fully saturated rings. The molecular weight excluding hydrogens is 140 g/mol. The second-order valence-electron chi connectivity index (χ2n) is 1.62. The van der Waals surface area contributed by atoms with E-state index in [-0.39, 0.29) is 0 Å². The Bertz CT molecular complexity index is 160. The van der Waals surface area contributed by atoms with Crippen LogP contribution in [0.3, 0.4) is 0 Å². The van der Waals surface area contributed by atoms with Crippen LogP contribution in [0.1, 0.15) is 2.74 Å². The summed E-state index contributed by atoms with van der Waals surface area (Å²) in [4.78, 5) is 10.5. The number of carbonyl (C=O) groups excluding carboxylic acids is 1. The van der Waals surface area contributed by atoms with E-state index in [9.17, 15) is 4.79 Å². The van der Waals surface area contributed by atoms with Crippen molar-refractivity contribution in [2.75, 3.05) is 13.2 Å². The molecule has 0 aromatic rings. The standard InChI is InChI=1S/C5H10O5/c6-1-3(8)5(10)4(9)2-7/h3,5-8,10H,1-2H2/t3-,5-/m1/s1/i1D,2D/t1?,2?,3-,5-. The van der Waals surface area contributed by atoms with Crippen molar-refractivity contribution in [1.29, 1.82) is 0 Å². The van der Waals surface area contributed by atoms with Crippen molar-refractivity contribution in [3.63, 3.8) is 0 Å². The van der Waals surface area contributed by atoms with Crippen LogP contribution in [-0.2, 0) is 4.79 Å². The number of hydrogen-bond donors (Lipinski definition) is 4. The number of ketones is 1. The van der Waals surface area contributed by atoms with Crippen molar-refractivity contribution in [2.24, 2.45) is 0 Å². The smallest absolute Gasteiger partial charge is 0.189 e. The van der Waals surface area contributed by atoms with Gasteiger partial charge in [-0.05, 0) is 0 Å². The van der Waals surface area contributed by atoms with Crippen molar-refractivity contribution in [1.82, 2.24) is 0 Å². The van der Waals surface area contributed by atoms with Crippen LogP contribution in [0.15, 0.2) is 0 Å². The highest BCUT2D eigenvalue weighted by atomic mass is 16.4. The monoisotopic (exact) mass is 152 g/mol. The Balaban J connectivity index is 4.19. The SMILES string of the molecule is [2H]C(O)C(=O)[C@H](O)[C@H](O)C([2H])O. The molecule has 10 heavy (non-hydrogen) atoms. The van der Waals surface area contributed by atoms with E-state index in [0.717, 1.165) is 0 Å².